The van der Waals surface area contributed by atoms with Crippen molar-refractivity contribution in [3.05, 3.63) is 0 Å². The smallest absolute Gasteiger partial charge is 0.244 e. The highest BCUT2D eigenvalue weighted by Gasteiger charge is 2.70. The Labute approximate surface area is 126 Å². The van der Waals surface area contributed by atoms with Crippen LogP contribution in [0.1, 0.15) is 33.6 Å². The van der Waals surface area contributed by atoms with E-state index in [1.54, 1.807) is 21.0 Å². The molecular formula is C15H27N3O3. The van der Waals surface area contributed by atoms with Gasteiger partial charge in [-0.3, -0.25) is 9.59 Å². The monoisotopic (exact) mass is 297 g/mol. The molecule has 1 heterocycles. The molecule has 0 aromatic rings. The quantitative estimate of drug-likeness (QED) is 0.774. The number of ether oxygens (including phenoxy) is 1. The highest BCUT2D eigenvalue weighted by molar-refractivity contribution is 5.93. The van der Waals surface area contributed by atoms with Crippen LogP contribution in [0.2, 0.25) is 0 Å². The standard InChI is InChI=1S/C15H27N3O3/c1-9(12(19)18(4)5)17-13(20)15(16)10-7-6-8-21-11(10)14(15,2)3/h9-11H,6-8,16H2,1-5H3,(H,17,20). The Balaban J connectivity index is 2.12. The third-order valence-electron chi connectivity index (χ3n) is 5.22. The van der Waals surface area contributed by atoms with Gasteiger partial charge in [0.05, 0.1) is 6.10 Å². The number of rotatable bonds is 3. The topological polar surface area (TPSA) is 84.7 Å². The lowest BCUT2D eigenvalue weighted by atomic mass is 9.46. The number of nitrogens with zero attached hydrogens (tertiary/aromatic N) is 1. The molecule has 0 bridgehead atoms. The summed E-state index contributed by atoms with van der Waals surface area (Å²) < 4.78 is 5.79. The third-order valence-corrected chi connectivity index (χ3v) is 5.22. The first-order chi connectivity index (χ1) is 9.64. The number of hydrogen-bond acceptors (Lipinski definition) is 4. The Morgan fingerprint density at radius 1 is 1.38 bits per heavy atom. The molecule has 1 aliphatic carbocycles. The van der Waals surface area contributed by atoms with Gasteiger partial charge in [-0.25, -0.2) is 0 Å². The van der Waals surface area contributed by atoms with Crippen LogP contribution in [0.3, 0.4) is 0 Å². The fraction of sp³-hybridized carbons (Fsp3) is 0.867. The molecule has 21 heavy (non-hydrogen) atoms. The maximum Gasteiger partial charge on any atom is 0.244 e. The van der Waals surface area contributed by atoms with E-state index in [1.807, 2.05) is 13.8 Å². The SMILES string of the molecule is CC(NC(=O)C1(N)C2CCCOC2C1(C)C)C(=O)N(C)C. The number of carbonyl (C=O) groups is 2. The van der Waals surface area contributed by atoms with Gasteiger partial charge in [-0.2, -0.15) is 0 Å². The zero-order valence-corrected chi connectivity index (χ0v) is 13.6. The van der Waals surface area contributed by atoms with Crippen LogP contribution in [0.5, 0.6) is 0 Å². The summed E-state index contributed by atoms with van der Waals surface area (Å²) in [5.74, 6) is -0.356. The van der Waals surface area contributed by atoms with Crippen molar-refractivity contribution in [1.82, 2.24) is 10.2 Å². The van der Waals surface area contributed by atoms with Gasteiger partial charge < -0.3 is 20.7 Å². The van der Waals surface area contributed by atoms with E-state index in [1.165, 1.54) is 4.90 Å². The van der Waals surface area contributed by atoms with Gasteiger partial charge in [0.25, 0.3) is 0 Å². The molecule has 4 atom stereocenters. The summed E-state index contributed by atoms with van der Waals surface area (Å²) >= 11 is 0. The third kappa shape index (κ3) is 2.25. The molecule has 2 amide bonds. The minimum absolute atomic E-state index is 0.0295. The number of nitrogens with one attached hydrogen (secondary N) is 1. The number of amides is 2. The Morgan fingerprint density at radius 2 is 2.00 bits per heavy atom. The van der Waals surface area contributed by atoms with E-state index in [0.29, 0.717) is 0 Å². The summed E-state index contributed by atoms with van der Waals surface area (Å²) in [5.41, 5.74) is 5.09. The fourth-order valence-electron chi connectivity index (χ4n) is 3.80. The van der Waals surface area contributed by atoms with Gasteiger partial charge in [-0.05, 0) is 19.8 Å². The van der Waals surface area contributed by atoms with Crippen molar-refractivity contribution in [1.29, 1.82) is 0 Å². The molecule has 1 saturated heterocycles. The van der Waals surface area contributed by atoms with Crippen LogP contribution in [0.15, 0.2) is 0 Å². The zero-order valence-electron chi connectivity index (χ0n) is 13.6. The molecule has 2 rings (SSSR count). The fourth-order valence-corrected chi connectivity index (χ4v) is 3.80. The van der Waals surface area contributed by atoms with Crippen LogP contribution in [0.25, 0.3) is 0 Å². The largest absolute Gasteiger partial charge is 0.377 e. The molecule has 4 unspecified atom stereocenters. The number of hydrogen-bond donors (Lipinski definition) is 2. The van der Waals surface area contributed by atoms with Crippen molar-refractivity contribution >= 4 is 11.8 Å². The predicted octanol–water partition coefficient (Wildman–Crippen LogP) is 0.112. The molecular weight excluding hydrogens is 270 g/mol. The molecule has 2 fully saturated rings. The first-order valence-corrected chi connectivity index (χ1v) is 7.56. The minimum atomic E-state index is -0.973. The van der Waals surface area contributed by atoms with Crippen LogP contribution >= 0.6 is 0 Å². The molecule has 1 aliphatic heterocycles. The lowest BCUT2D eigenvalue weighted by molar-refractivity contribution is -0.225. The Morgan fingerprint density at radius 3 is 2.57 bits per heavy atom. The van der Waals surface area contributed by atoms with E-state index in [-0.39, 0.29) is 23.8 Å². The average Bonchev–Trinajstić information content (AvgIpc) is 2.45. The van der Waals surface area contributed by atoms with Crippen LogP contribution in [0, 0.1) is 11.3 Å². The van der Waals surface area contributed by atoms with Crippen molar-refractivity contribution in [2.45, 2.75) is 51.3 Å². The number of carbonyl (C=O) groups excluding carboxylic acids is 2. The maximum absolute atomic E-state index is 12.7. The van der Waals surface area contributed by atoms with Crippen molar-refractivity contribution in [3.8, 4) is 0 Å². The molecule has 3 N–H and O–H groups in total. The van der Waals surface area contributed by atoms with Gasteiger partial charge in [0, 0.05) is 32.0 Å². The molecule has 1 saturated carbocycles. The van der Waals surface area contributed by atoms with Gasteiger partial charge in [0.2, 0.25) is 11.8 Å². The Bertz CT molecular complexity index is 449. The summed E-state index contributed by atoms with van der Waals surface area (Å²) in [6.45, 7) is 6.36. The molecule has 0 aromatic heterocycles. The molecule has 6 nitrogen and oxygen atoms in total. The van der Waals surface area contributed by atoms with E-state index >= 15 is 0 Å². The highest BCUT2D eigenvalue weighted by atomic mass is 16.5. The first kappa shape index (κ1) is 16.2. The van der Waals surface area contributed by atoms with E-state index in [4.69, 9.17) is 10.5 Å². The van der Waals surface area contributed by atoms with E-state index in [0.717, 1.165) is 19.4 Å². The number of fused-ring (bicyclic) bond motifs is 1. The molecule has 6 heteroatoms. The predicted molar refractivity (Wildman–Crippen MR) is 79.5 cm³/mol. The number of likely N-dealkylation sites (N-methyl/N-ethyl adjacent to an activating group) is 1. The summed E-state index contributed by atoms with van der Waals surface area (Å²) in [5, 5.41) is 2.78. The van der Waals surface area contributed by atoms with Gasteiger partial charge >= 0.3 is 0 Å². The molecule has 0 aromatic carbocycles. The van der Waals surface area contributed by atoms with Crippen molar-refractivity contribution < 1.29 is 14.3 Å². The van der Waals surface area contributed by atoms with E-state index in [2.05, 4.69) is 5.32 Å². The zero-order chi connectivity index (χ0) is 16.0. The second-order valence-electron chi connectivity index (χ2n) is 7.06. The van der Waals surface area contributed by atoms with Crippen LogP contribution < -0.4 is 11.1 Å². The van der Waals surface area contributed by atoms with Crippen molar-refractivity contribution in [2.24, 2.45) is 17.1 Å². The second-order valence-corrected chi connectivity index (χ2v) is 7.06. The van der Waals surface area contributed by atoms with E-state index in [9.17, 15) is 9.59 Å². The van der Waals surface area contributed by atoms with Crippen LogP contribution in [0.4, 0.5) is 0 Å². The maximum atomic E-state index is 12.7. The van der Waals surface area contributed by atoms with Crippen LogP contribution in [-0.4, -0.2) is 55.1 Å². The van der Waals surface area contributed by atoms with Gasteiger partial charge in [0.1, 0.15) is 11.6 Å². The molecule has 0 radical (unpaired) electrons. The molecule has 0 spiro atoms. The van der Waals surface area contributed by atoms with Crippen molar-refractivity contribution in [3.63, 3.8) is 0 Å². The Kier molecular flexibility index (Phi) is 4.06. The highest BCUT2D eigenvalue weighted by Crippen LogP contribution is 2.57. The normalized spacial score (nSPS) is 35.1. The lowest BCUT2D eigenvalue weighted by Gasteiger charge is -2.65. The average molecular weight is 297 g/mol. The van der Waals surface area contributed by atoms with Gasteiger partial charge in [0.15, 0.2) is 0 Å². The first-order valence-electron chi connectivity index (χ1n) is 7.56. The minimum Gasteiger partial charge on any atom is -0.377 e. The molecule has 2 aliphatic rings. The van der Waals surface area contributed by atoms with Crippen molar-refractivity contribution in [2.75, 3.05) is 20.7 Å². The Hall–Kier alpha value is -1.14. The van der Waals surface area contributed by atoms with Gasteiger partial charge in [-0.15, -0.1) is 0 Å². The summed E-state index contributed by atoms with van der Waals surface area (Å²) in [4.78, 5) is 26.1. The summed E-state index contributed by atoms with van der Waals surface area (Å²) in [6, 6.07) is -0.577. The molecule has 120 valence electrons. The number of nitrogens with two attached hydrogens (primary N) is 1. The second kappa shape index (κ2) is 5.25. The van der Waals surface area contributed by atoms with E-state index < -0.39 is 17.0 Å². The van der Waals surface area contributed by atoms with Gasteiger partial charge in [-0.1, -0.05) is 13.8 Å². The lowest BCUT2D eigenvalue weighted by Crippen LogP contribution is -2.82. The van der Waals surface area contributed by atoms with Crippen LogP contribution in [-0.2, 0) is 14.3 Å². The summed E-state index contributed by atoms with van der Waals surface area (Å²) in [6.07, 6.45) is 1.85. The summed E-state index contributed by atoms with van der Waals surface area (Å²) in [7, 11) is 3.34.